The Labute approximate surface area is 144 Å². The Balaban J connectivity index is 1.42. The lowest BCUT2D eigenvalue weighted by Gasteiger charge is -2.25. The van der Waals surface area contributed by atoms with E-state index < -0.39 is 0 Å². The maximum Gasteiger partial charge on any atom is 0.223 e. The van der Waals surface area contributed by atoms with E-state index in [0.29, 0.717) is 18.3 Å². The van der Waals surface area contributed by atoms with Crippen LogP contribution in [0.25, 0.3) is 10.6 Å². The van der Waals surface area contributed by atoms with Crippen LogP contribution in [-0.2, 0) is 13.1 Å². The molecule has 0 amide bonds. The fraction of sp³-hybridized carbons (Fsp3) is 0.500. The molecule has 1 saturated heterocycles. The second-order valence-electron chi connectivity index (χ2n) is 6.19. The van der Waals surface area contributed by atoms with Crippen molar-refractivity contribution < 1.29 is 4.52 Å². The molecule has 0 spiro atoms. The highest BCUT2D eigenvalue weighted by Gasteiger charge is 2.13. The van der Waals surface area contributed by atoms with Gasteiger partial charge in [-0.05, 0) is 42.9 Å². The van der Waals surface area contributed by atoms with Crippen molar-refractivity contribution >= 4 is 11.3 Å². The third-order valence-corrected chi connectivity index (χ3v) is 5.17. The van der Waals surface area contributed by atoms with Gasteiger partial charge in [0, 0.05) is 13.5 Å². The van der Waals surface area contributed by atoms with Crippen LogP contribution in [0.3, 0.4) is 0 Å². The molecule has 4 heterocycles. The highest BCUT2D eigenvalue weighted by Crippen LogP contribution is 2.26. The van der Waals surface area contributed by atoms with Crippen molar-refractivity contribution in [2.45, 2.75) is 39.3 Å². The first kappa shape index (κ1) is 15.5. The predicted molar refractivity (Wildman–Crippen MR) is 90.6 cm³/mol. The van der Waals surface area contributed by atoms with Gasteiger partial charge in [-0.25, -0.2) is 4.68 Å². The van der Waals surface area contributed by atoms with Gasteiger partial charge < -0.3 is 4.52 Å². The van der Waals surface area contributed by atoms with E-state index in [1.807, 2.05) is 6.20 Å². The van der Waals surface area contributed by atoms with Gasteiger partial charge in [-0.15, -0.1) is 16.4 Å². The normalized spacial score (nSPS) is 15.9. The number of piperidine rings is 1. The fourth-order valence-electron chi connectivity index (χ4n) is 3.01. The van der Waals surface area contributed by atoms with E-state index in [2.05, 4.69) is 36.8 Å². The molecular formula is C16H20N6OS. The van der Waals surface area contributed by atoms with E-state index >= 15 is 0 Å². The second kappa shape index (κ2) is 6.82. The minimum Gasteiger partial charge on any atom is -0.340 e. The van der Waals surface area contributed by atoms with Gasteiger partial charge in [0.2, 0.25) is 5.89 Å². The first-order chi connectivity index (χ1) is 11.8. The number of rotatable bonds is 5. The molecule has 0 aliphatic carbocycles. The SMILES string of the molecule is Cc1nc(Cn2cc(-c3cc(CN4CCCCC4)cs3)nn2)no1. The first-order valence-electron chi connectivity index (χ1n) is 8.26. The van der Waals surface area contributed by atoms with Crippen LogP contribution in [0.4, 0.5) is 0 Å². The minimum absolute atomic E-state index is 0.469. The number of hydrogen-bond donors (Lipinski definition) is 0. The molecule has 7 nitrogen and oxygen atoms in total. The highest BCUT2D eigenvalue weighted by atomic mass is 32.1. The zero-order chi connectivity index (χ0) is 16.4. The topological polar surface area (TPSA) is 72.9 Å². The van der Waals surface area contributed by atoms with Gasteiger partial charge >= 0.3 is 0 Å². The van der Waals surface area contributed by atoms with E-state index in [-0.39, 0.29) is 0 Å². The second-order valence-corrected chi connectivity index (χ2v) is 7.10. The Morgan fingerprint density at radius 1 is 1.21 bits per heavy atom. The van der Waals surface area contributed by atoms with Crippen molar-refractivity contribution in [3.05, 3.63) is 34.9 Å². The monoisotopic (exact) mass is 344 g/mol. The Morgan fingerprint density at radius 3 is 2.88 bits per heavy atom. The van der Waals surface area contributed by atoms with Crippen molar-refractivity contribution in [2.24, 2.45) is 0 Å². The van der Waals surface area contributed by atoms with Gasteiger partial charge in [-0.2, -0.15) is 4.98 Å². The average molecular weight is 344 g/mol. The summed E-state index contributed by atoms with van der Waals surface area (Å²) in [5.74, 6) is 1.17. The lowest BCUT2D eigenvalue weighted by atomic mass is 10.1. The number of likely N-dealkylation sites (tertiary alicyclic amines) is 1. The van der Waals surface area contributed by atoms with Gasteiger partial charge in [0.15, 0.2) is 5.82 Å². The Bertz CT molecular complexity index is 801. The van der Waals surface area contributed by atoms with Crippen LogP contribution in [0.5, 0.6) is 0 Å². The lowest BCUT2D eigenvalue weighted by molar-refractivity contribution is 0.221. The number of nitrogens with zero attached hydrogens (tertiary/aromatic N) is 6. The van der Waals surface area contributed by atoms with Crippen LogP contribution in [0.2, 0.25) is 0 Å². The molecule has 0 atom stereocenters. The molecule has 1 fully saturated rings. The van der Waals surface area contributed by atoms with Crippen molar-refractivity contribution in [3.63, 3.8) is 0 Å². The summed E-state index contributed by atoms with van der Waals surface area (Å²) in [7, 11) is 0. The molecular weight excluding hydrogens is 324 g/mol. The molecule has 0 unspecified atom stereocenters. The Hall–Kier alpha value is -2.06. The molecule has 24 heavy (non-hydrogen) atoms. The molecule has 3 aromatic heterocycles. The van der Waals surface area contributed by atoms with Crippen LogP contribution in [-0.4, -0.2) is 43.1 Å². The summed E-state index contributed by atoms with van der Waals surface area (Å²) in [5.41, 5.74) is 2.25. The summed E-state index contributed by atoms with van der Waals surface area (Å²) < 4.78 is 6.72. The van der Waals surface area contributed by atoms with Crippen molar-refractivity contribution in [3.8, 4) is 10.6 Å². The predicted octanol–water partition coefficient (Wildman–Crippen LogP) is 2.73. The summed E-state index contributed by atoms with van der Waals surface area (Å²) in [6, 6.07) is 2.23. The zero-order valence-corrected chi connectivity index (χ0v) is 14.5. The summed E-state index contributed by atoms with van der Waals surface area (Å²) in [6.45, 7) is 5.71. The first-order valence-corrected chi connectivity index (χ1v) is 9.14. The molecule has 1 aliphatic heterocycles. The van der Waals surface area contributed by atoms with Crippen LogP contribution < -0.4 is 0 Å². The average Bonchev–Trinajstić information content (AvgIpc) is 3.31. The van der Waals surface area contributed by atoms with E-state index in [1.54, 1.807) is 22.9 Å². The van der Waals surface area contributed by atoms with Crippen molar-refractivity contribution in [1.29, 1.82) is 0 Å². The van der Waals surface area contributed by atoms with Gasteiger partial charge in [0.05, 0.1) is 11.1 Å². The van der Waals surface area contributed by atoms with Gasteiger partial charge in [0.25, 0.3) is 0 Å². The Morgan fingerprint density at radius 2 is 2.08 bits per heavy atom. The molecule has 0 N–H and O–H groups in total. The summed E-state index contributed by atoms with van der Waals surface area (Å²) >= 11 is 1.72. The smallest absolute Gasteiger partial charge is 0.223 e. The summed E-state index contributed by atoms with van der Waals surface area (Å²) in [4.78, 5) is 7.87. The number of aryl methyl sites for hydroxylation is 1. The third-order valence-electron chi connectivity index (χ3n) is 4.17. The summed E-state index contributed by atoms with van der Waals surface area (Å²) in [6.07, 6.45) is 5.94. The standard InChI is InChI=1S/C16H20N6OS/c1-12-17-16(19-23-12)10-22-9-14(18-20-22)15-7-13(11-24-15)8-21-5-3-2-4-6-21/h7,9,11H,2-6,8,10H2,1H3. The van der Waals surface area contributed by atoms with Crippen molar-refractivity contribution in [1.82, 2.24) is 30.0 Å². The van der Waals surface area contributed by atoms with Crippen LogP contribution in [0.15, 0.2) is 22.2 Å². The molecule has 0 bridgehead atoms. The van der Waals surface area contributed by atoms with Crippen LogP contribution in [0, 0.1) is 6.92 Å². The van der Waals surface area contributed by atoms with Crippen LogP contribution in [0.1, 0.15) is 36.5 Å². The number of thiophene rings is 1. The lowest BCUT2D eigenvalue weighted by Crippen LogP contribution is -2.28. The minimum atomic E-state index is 0.469. The zero-order valence-electron chi connectivity index (χ0n) is 13.7. The van der Waals surface area contributed by atoms with Gasteiger partial charge in [-0.1, -0.05) is 16.8 Å². The van der Waals surface area contributed by atoms with Crippen molar-refractivity contribution in [2.75, 3.05) is 13.1 Å². The van der Waals surface area contributed by atoms with Gasteiger partial charge in [0.1, 0.15) is 12.2 Å². The van der Waals surface area contributed by atoms with Gasteiger partial charge in [-0.3, -0.25) is 4.90 Å². The van der Waals surface area contributed by atoms with E-state index in [9.17, 15) is 0 Å². The van der Waals surface area contributed by atoms with E-state index in [0.717, 1.165) is 17.1 Å². The Kier molecular flexibility index (Phi) is 4.40. The largest absolute Gasteiger partial charge is 0.340 e. The molecule has 8 heteroatoms. The van der Waals surface area contributed by atoms with Crippen LogP contribution >= 0.6 is 11.3 Å². The highest BCUT2D eigenvalue weighted by molar-refractivity contribution is 7.13. The number of hydrogen-bond acceptors (Lipinski definition) is 7. The third kappa shape index (κ3) is 3.54. The molecule has 1 aliphatic rings. The molecule has 0 saturated carbocycles. The maximum atomic E-state index is 4.98. The van der Waals surface area contributed by atoms with E-state index in [4.69, 9.17) is 4.52 Å². The molecule has 126 valence electrons. The summed E-state index contributed by atoms with van der Waals surface area (Å²) in [5, 5.41) is 14.5. The molecule has 4 rings (SSSR count). The number of aromatic nitrogens is 5. The quantitative estimate of drug-likeness (QED) is 0.708. The maximum absolute atomic E-state index is 4.98. The molecule has 3 aromatic rings. The molecule has 0 radical (unpaired) electrons. The fourth-order valence-corrected chi connectivity index (χ4v) is 3.86. The molecule has 0 aromatic carbocycles. The van der Waals surface area contributed by atoms with E-state index in [1.165, 1.54) is 37.9 Å².